The summed E-state index contributed by atoms with van der Waals surface area (Å²) in [6.07, 6.45) is 3.28. The Morgan fingerprint density at radius 2 is 2.09 bits per heavy atom. The maximum Gasteiger partial charge on any atom is 0.233 e. The van der Waals surface area contributed by atoms with Crippen LogP contribution in [0.5, 0.6) is 0 Å². The molecule has 122 valence electrons. The van der Waals surface area contributed by atoms with Crippen LogP contribution in [0.15, 0.2) is 11.2 Å². The van der Waals surface area contributed by atoms with Crippen molar-refractivity contribution in [3.63, 3.8) is 0 Å². The first kappa shape index (κ1) is 16.0. The maximum absolute atomic E-state index is 12.3. The van der Waals surface area contributed by atoms with E-state index in [1.165, 1.54) is 29.4 Å². The van der Waals surface area contributed by atoms with E-state index < -0.39 is 0 Å². The van der Waals surface area contributed by atoms with Gasteiger partial charge in [-0.2, -0.15) is 5.10 Å². The van der Waals surface area contributed by atoms with Crippen LogP contribution in [0.2, 0.25) is 0 Å². The van der Waals surface area contributed by atoms with Gasteiger partial charge in [-0.25, -0.2) is 9.97 Å². The first-order chi connectivity index (χ1) is 11.0. The number of nitrogens with one attached hydrogen (secondary N) is 2. The van der Waals surface area contributed by atoms with Crippen molar-refractivity contribution in [3.8, 4) is 0 Å². The van der Waals surface area contributed by atoms with E-state index >= 15 is 0 Å². The van der Waals surface area contributed by atoms with Crippen molar-refractivity contribution >= 4 is 17.7 Å². The molecule has 0 spiro atoms. The second-order valence-electron chi connectivity index (χ2n) is 5.89. The molecule has 0 aromatic carbocycles. The van der Waals surface area contributed by atoms with Crippen LogP contribution in [0, 0.1) is 13.8 Å². The second kappa shape index (κ2) is 6.70. The number of hydrogen-bond acceptors (Lipinski definition) is 5. The summed E-state index contributed by atoms with van der Waals surface area (Å²) in [7, 11) is 0. The highest BCUT2D eigenvalue weighted by Crippen LogP contribution is 2.23. The summed E-state index contributed by atoms with van der Waals surface area (Å²) in [6.45, 7) is 6.21. The highest BCUT2D eigenvalue weighted by Gasteiger charge is 2.20. The molecule has 1 atom stereocenters. The highest BCUT2D eigenvalue weighted by molar-refractivity contribution is 8.00. The zero-order valence-corrected chi connectivity index (χ0v) is 14.5. The molecular weight excluding hydrogens is 310 g/mol. The molecular formula is C16H21N5OS. The predicted molar refractivity (Wildman–Crippen MR) is 89.3 cm³/mol. The van der Waals surface area contributed by atoms with Gasteiger partial charge < -0.3 is 5.32 Å². The summed E-state index contributed by atoms with van der Waals surface area (Å²) in [6, 6.07) is 1.92. The van der Waals surface area contributed by atoms with Gasteiger partial charge >= 0.3 is 0 Å². The van der Waals surface area contributed by atoms with Crippen LogP contribution in [0.4, 0.5) is 0 Å². The molecule has 0 bridgehead atoms. The van der Waals surface area contributed by atoms with E-state index in [1.807, 2.05) is 26.8 Å². The number of carbonyl (C=O) groups is 1. The molecule has 2 aromatic heterocycles. The Morgan fingerprint density at radius 1 is 1.35 bits per heavy atom. The van der Waals surface area contributed by atoms with Crippen LogP contribution in [0.1, 0.15) is 41.7 Å². The molecule has 0 fully saturated rings. The third-order valence-electron chi connectivity index (χ3n) is 3.94. The van der Waals surface area contributed by atoms with E-state index in [1.54, 1.807) is 0 Å². The van der Waals surface area contributed by atoms with Crippen LogP contribution >= 0.6 is 11.8 Å². The average molecular weight is 331 g/mol. The van der Waals surface area contributed by atoms with Gasteiger partial charge in [0.2, 0.25) is 5.91 Å². The predicted octanol–water partition coefficient (Wildman–Crippen LogP) is 2.10. The Morgan fingerprint density at radius 3 is 2.83 bits per heavy atom. The van der Waals surface area contributed by atoms with E-state index in [2.05, 4.69) is 25.5 Å². The van der Waals surface area contributed by atoms with Gasteiger partial charge in [0, 0.05) is 17.1 Å². The smallest absolute Gasteiger partial charge is 0.233 e. The normalized spacial score (nSPS) is 14.6. The molecule has 3 rings (SSSR count). The molecule has 2 N–H and O–H groups in total. The second-order valence-corrected chi connectivity index (χ2v) is 7.20. The Bertz CT molecular complexity index is 707. The Balaban J connectivity index is 1.57. The van der Waals surface area contributed by atoms with E-state index in [4.69, 9.17) is 0 Å². The SMILES string of the molecule is Cc1cc(C)nc(SC(C)C(=O)NCc2n[nH]c3c2CCC3)n1. The van der Waals surface area contributed by atoms with Crippen LogP contribution in [-0.4, -0.2) is 31.3 Å². The molecule has 2 heterocycles. The standard InChI is InChI=1S/C16H21N5OS/c1-9-7-10(2)19-16(18-9)23-11(3)15(22)17-8-14-12-5-4-6-13(12)20-21-14/h7,11H,4-6,8H2,1-3H3,(H,17,22)(H,20,21). The first-order valence-corrected chi connectivity index (χ1v) is 8.72. The van der Waals surface area contributed by atoms with Crippen molar-refractivity contribution in [2.75, 3.05) is 0 Å². The summed E-state index contributed by atoms with van der Waals surface area (Å²) in [4.78, 5) is 21.0. The van der Waals surface area contributed by atoms with Crippen molar-refractivity contribution in [3.05, 3.63) is 34.4 Å². The topological polar surface area (TPSA) is 83.6 Å². The summed E-state index contributed by atoms with van der Waals surface area (Å²) in [5.41, 5.74) is 5.30. The van der Waals surface area contributed by atoms with Crippen molar-refractivity contribution in [1.82, 2.24) is 25.5 Å². The number of H-pyrrole nitrogens is 1. The van der Waals surface area contributed by atoms with Gasteiger partial charge in [0.25, 0.3) is 0 Å². The number of fused-ring (bicyclic) bond motifs is 1. The van der Waals surface area contributed by atoms with Gasteiger partial charge in [-0.1, -0.05) is 11.8 Å². The molecule has 0 radical (unpaired) electrons. The van der Waals surface area contributed by atoms with Gasteiger partial charge in [-0.05, 0) is 51.7 Å². The summed E-state index contributed by atoms with van der Waals surface area (Å²) < 4.78 is 0. The molecule has 0 saturated heterocycles. The molecule has 0 saturated carbocycles. The fourth-order valence-corrected chi connectivity index (χ4v) is 3.71. The molecule has 1 amide bonds. The fraction of sp³-hybridized carbons (Fsp3) is 0.500. The quantitative estimate of drug-likeness (QED) is 0.647. The van der Waals surface area contributed by atoms with Gasteiger partial charge in [-0.15, -0.1) is 0 Å². The van der Waals surface area contributed by atoms with Crippen LogP contribution in [0.25, 0.3) is 0 Å². The van der Waals surface area contributed by atoms with Crippen molar-refractivity contribution < 1.29 is 4.79 Å². The van der Waals surface area contributed by atoms with E-state index in [-0.39, 0.29) is 11.2 Å². The van der Waals surface area contributed by atoms with E-state index in [0.717, 1.165) is 29.9 Å². The number of aromatic nitrogens is 4. The lowest BCUT2D eigenvalue weighted by Crippen LogP contribution is -2.31. The minimum Gasteiger partial charge on any atom is -0.349 e. The van der Waals surface area contributed by atoms with Crippen molar-refractivity contribution in [2.24, 2.45) is 0 Å². The number of nitrogens with zero attached hydrogens (tertiary/aromatic N) is 3. The molecule has 1 aliphatic rings. The summed E-state index contributed by atoms with van der Waals surface area (Å²) >= 11 is 1.38. The van der Waals surface area contributed by atoms with Gasteiger partial charge in [-0.3, -0.25) is 9.89 Å². The van der Waals surface area contributed by atoms with Crippen LogP contribution < -0.4 is 5.32 Å². The van der Waals surface area contributed by atoms with Gasteiger partial charge in [0.15, 0.2) is 5.16 Å². The largest absolute Gasteiger partial charge is 0.349 e. The molecule has 1 unspecified atom stereocenters. The van der Waals surface area contributed by atoms with Crippen LogP contribution in [0.3, 0.4) is 0 Å². The van der Waals surface area contributed by atoms with Gasteiger partial charge in [0.1, 0.15) is 0 Å². The third-order valence-corrected chi connectivity index (χ3v) is 4.90. The minimum atomic E-state index is -0.247. The number of aromatic amines is 1. The zero-order valence-electron chi connectivity index (χ0n) is 13.6. The zero-order chi connectivity index (χ0) is 16.4. The Labute approximate surface area is 139 Å². The summed E-state index contributed by atoms with van der Waals surface area (Å²) in [5.74, 6) is -0.0208. The lowest BCUT2D eigenvalue weighted by atomic mass is 10.2. The molecule has 1 aliphatic carbocycles. The fourth-order valence-electron chi connectivity index (χ4n) is 2.81. The first-order valence-electron chi connectivity index (χ1n) is 7.84. The van der Waals surface area contributed by atoms with E-state index in [0.29, 0.717) is 11.7 Å². The lowest BCUT2D eigenvalue weighted by Gasteiger charge is -2.11. The van der Waals surface area contributed by atoms with Gasteiger partial charge in [0.05, 0.1) is 17.5 Å². The number of rotatable bonds is 5. The number of carbonyl (C=O) groups excluding carboxylic acids is 1. The van der Waals surface area contributed by atoms with Crippen molar-refractivity contribution in [1.29, 1.82) is 0 Å². The third kappa shape index (κ3) is 3.72. The van der Waals surface area contributed by atoms with E-state index in [9.17, 15) is 4.79 Å². The average Bonchev–Trinajstić information content (AvgIpc) is 3.07. The Hall–Kier alpha value is -1.89. The maximum atomic E-state index is 12.3. The molecule has 23 heavy (non-hydrogen) atoms. The number of hydrogen-bond donors (Lipinski definition) is 2. The highest BCUT2D eigenvalue weighted by atomic mass is 32.2. The van der Waals surface area contributed by atoms with Crippen LogP contribution in [-0.2, 0) is 24.2 Å². The molecule has 0 aliphatic heterocycles. The minimum absolute atomic E-state index is 0.0208. The Kier molecular flexibility index (Phi) is 4.66. The molecule has 2 aromatic rings. The number of thioether (sulfide) groups is 1. The molecule has 7 heteroatoms. The van der Waals surface area contributed by atoms with Crippen molar-refractivity contribution in [2.45, 2.75) is 57.0 Å². The lowest BCUT2D eigenvalue weighted by molar-refractivity contribution is -0.120. The number of amides is 1. The molecule has 6 nitrogen and oxygen atoms in total. The summed E-state index contributed by atoms with van der Waals surface area (Å²) in [5, 5.41) is 10.7. The monoisotopic (exact) mass is 331 g/mol. The number of aryl methyl sites for hydroxylation is 3.